The average molecular weight is 279 g/mol. The van der Waals surface area contributed by atoms with Crippen molar-refractivity contribution in [2.75, 3.05) is 13.2 Å². The van der Waals surface area contributed by atoms with Crippen LogP contribution in [0, 0.1) is 5.92 Å². The van der Waals surface area contributed by atoms with E-state index in [1.165, 1.54) is 0 Å². The zero-order chi connectivity index (χ0) is 15.0. The van der Waals surface area contributed by atoms with Crippen LogP contribution in [0.4, 0.5) is 0 Å². The number of carbonyl (C=O) groups is 1. The van der Waals surface area contributed by atoms with Gasteiger partial charge in [-0.15, -0.1) is 0 Å². The number of rotatable bonds is 8. The third-order valence-corrected chi connectivity index (χ3v) is 2.83. The second kappa shape index (κ2) is 8.59. The molecule has 0 saturated carbocycles. The Kier molecular flexibility index (Phi) is 7.09. The molecule has 0 bridgehead atoms. The molecule has 1 unspecified atom stereocenters. The summed E-state index contributed by atoms with van der Waals surface area (Å²) in [6.07, 6.45) is 1.14. The number of ether oxygens (including phenoxy) is 1. The van der Waals surface area contributed by atoms with Crippen molar-refractivity contribution >= 4 is 5.91 Å². The van der Waals surface area contributed by atoms with Gasteiger partial charge in [0.2, 0.25) is 0 Å². The fourth-order valence-corrected chi connectivity index (χ4v) is 1.86. The highest BCUT2D eigenvalue weighted by Crippen LogP contribution is 2.12. The molecule has 0 heterocycles. The minimum absolute atomic E-state index is 0.171. The van der Waals surface area contributed by atoms with Gasteiger partial charge in [-0.3, -0.25) is 4.79 Å². The van der Waals surface area contributed by atoms with Gasteiger partial charge in [0.15, 0.2) is 0 Å². The number of nitrogens with one attached hydrogen (secondary N) is 1. The SMILES string of the molecule is CCCOc1ccc(C(=O)NCC(O)CC(C)C)cc1. The molecule has 0 aromatic heterocycles. The first-order valence-electron chi connectivity index (χ1n) is 7.22. The Bertz CT molecular complexity index is 401. The van der Waals surface area contributed by atoms with Crippen LogP contribution in [0.5, 0.6) is 5.75 Å². The third kappa shape index (κ3) is 6.06. The lowest BCUT2D eigenvalue weighted by Crippen LogP contribution is -2.32. The monoisotopic (exact) mass is 279 g/mol. The molecule has 112 valence electrons. The summed E-state index contributed by atoms with van der Waals surface area (Å²) in [4.78, 5) is 11.9. The number of hydrogen-bond donors (Lipinski definition) is 2. The summed E-state index contributed by atoms with van der Waals surface area (Å²) in [5.74, 6) is 1.01. The number of carbonyl (C=O) groups excluding carboxylic acids is 1. The highest BCUT2D eigenvalue weighted by molar-refractivity contribution is 5.94. The van der Waals surface area contributed by atoms with Crippen molar-refractivity contribution in [3.05, 3.63) is 29.8 Å². The van der Waals surface area contributed by atoms with Gasteiger partial charge in [0.05, 0.1) is 12.7 Å². The lowest BCUT2D eigenvalue weighted by Gasteiger charge is -2.14. The van der Waals surface area contributed by atoms with E-state index in [1.54, 1.807) is 24.3 Å². The second-order valence-corrected chi connectivity index (χ2v) is 5.37. The summed E-state index contributed by atoms with van der Waals surface area (Å²) in [6.45, 7) is 7.09. The number of benzene rings is 1. The number of aliphatic hydroxyl groups excluding tert-OH is 1. The Labute approximate surface area is 121 Å². The summed E-state index contributed by atoms with van der Waals surface area (Å²) in [7, 11) is 0. The van der Waals surface area contributed by atoms with Gasteiger partial charge in [-0.25, -0.2) is 0 Å². The summed E-state index contributed by atoms with van der Waals surface area (Å²) in [6, 6.07) is 7.04. The first-order chi connectivity index (χ1) is 9.52. The lowest BCUT2D eigenvalue weighted by molar-refractivity contribution is 0.0900. The van der Waals surface area contributed by atoms with Crippen LogP contribution in [0.15, 0.2) is 24.3 Å². The largest absolute Gasteiger partial charge is 0.494 e. The van der Waals surface area contributed by atoms with Gasteiger partial charge < -0.3 is 15.2 Å². The minimum Gasteiger partial charge on any atom is -0.494 e. The van der Waals surface area contributed by atoms with Gasteiger partial charge in [-0.2, -0.15) is 0 Å². The molecular weight excluding hydrogens is 254 g/mol. The van der Waals surface area contributed by atoms with Gasteiger partial charge >= 0.3 is 0 Å². The zero-order valence-corrected chi connectivity index (χ0v) is 12.6. The highest BCUT2D eigenvalue weighted by atomic mass is 16.5. The summed E-state index contributed by atoms with van der Waals surface area (Å²) in [5, 5.41) is 12.5. The van der Waals surface area contributed by atoms with Crippen molar-refractivity contribution in [3.8, 4) is 5.75 Å². The number of amides is 1. The maximum atomic E-state index is 11.9. The van der Waals surface area contributed by atoms with E-state index in [0.29, 0.717) is 24.5 Å². The van der Waals surface area contributed by atoms with Crippen LogP contribution in [-0.4, -0.2) is 30.3 Å². The topological polar surface area (TPSA) is 58.6 Å². The molecule has 2 N–H and O–H groups in total. The van der Waals surface area contributed by atoms with E-state index in [0.717, 1.165) is 12.2 Å². The van der Waals surface area contributed by atoms with Crippen LogP contribution < -0.4 is 10.1 Å². The Morgan fingerprint density at radius 2 is 1.95 bits per heavy atom. The van der Waals surface area contributed by atoms with Crippen molar-refractivity contribution in [2.24, 2.45) is 5.92 Å². The van der Waals surface area contributed by atoms with E-state index in [-0.39, 0.29) is 12.5 Å². The summed E-state index contributed by atoms with van der Waals surface area (Å²) < 4.78 is 5.46. The zero-order valence-electron chi connectivity index (χ0n) is 12.6. The van der Waals surface area contributed by atoms with Gasteiger partial charge in [0.25, 0.3) is 5.91 Å². The molecule has 0 spiro atoms. The van der Waals surface area contributed by atoms with Gasteiger partial charge in [-0.1, -0.05) is 20.8 Å². The Morgan fingerprint density at radius 1 is 1.30 bits per heavy atom. The Balaban J connectivity index is 2.43. The fraction of sp³-hybridized carbons (Fsp3) is 0.562. The van der Waals surface area contributed by atoms with E-state index in [1.807, 2.05) is 20.8 Å². The molecule has 0 aliphatic heterocycles. The highest BCUT2D eigenvalue weighted by Gasteiger charge is 2.10. The summed E-state index contributed by atoms with van der Waals surface area (Å²) >= 11 is 0. The average Bonchev–Trinajstić information content (AvgIpc) is 2.42. The van der Waals surface area contributed by atoms with Crippen LogP contribution in [0.1, 0.15) is 44.0 Å². The number of aliphatic hydroxyl groups is 1. The molecule has 1 atom stereocenters. The van der Waals surface area contributed by atoms with Crippen LogP contribution in [0.2, 0.25) is 0 Å². The molecular formula is C16H25NO3. The van der Waals surface area contributed by atoms with E-state index in [2.05, 4.69) is 5.32 Å². The van der Waals surface area contributed by atoms with Gasteiger partial charge in [0.1, 0.15) is 5.75 Å². The predicted molar refractivity (Wildman–Crippen MR) is 80.0 cm³/mol. The van der Waals surface area contributed by atoms with E-state index >= 15 is 0 Å². The van der Waals surface area contributed by atoms with E-state index in [4.69, 9.17) is 4.74 Å². The van der Waals surface area contributed by atoms with Gasteiger partial charge in [-0.05, 0) is 43.0 Å². The molecule has 20 heavy (non-hydrogen) atoms. The van der Waals surface area contributed by atoms with Crippen LogP contribution >= 0.6 is 0 Å². The fourth-order valence-electron chi connectivity index (χ4n) is 1.86. The molecule has 1 amide bonds. The van der Waals surface area contributed by atoms with Gasteiger partial charge in [0, 0.05) is 12.1 Å². The van der Waals surface area contributed by atoms with E-state index in [9.17, 15) is 9.90 Å². The Hall–Kier alpha value is -1.55. The Morgan fingerprint density at radius 3 is 2.50 bits per heavy atom. The quantitative estimate of drug-likeness (QED) is 0.769. The van der Waals surface area contributed by atoms with E-state index < -0.39 is 6.10 Å². The molecule has 1 rings (SSSR count). The maximum absolute atomic E-state index is 11.9. The van der Waals surface area contributed by atoms with Crippen LogP contribution in [0.3, 0.4) is 0 Å². The molecule has 0 saturated heterocycles. The number of hydrogen-bond acceptors (Lipinski definition) is 3. The van der Waals surface area contributed by atoms with Crippen molar-refractivity contribution in [1.29, 1.82) is 0 Å². The minimum atomic E-state index is -0.494. The van der Waals surface area contributed by atoms with Crippen molar-refractivity contribution in [3.63, 3.8) is 0 Å². The standard InChI is InChI=1S/C16H25NO3/c1-4-9-20-15-7-5-13(6-8-15)16(19)17-11-14(18)10-12(2)3/h5-8,12,14,18H,4,9-11H2,1-3H3,(H,17,19). The van der Waals surface area contributed by atoms with Crippen molar-refractivity contribution in [2.45, 2.75) is 39.7 Å². The molecule has 1 aromatic carbocycles. The first-order valence-corrected chi connectivity index (χ1v) is 7.22. The summed E-state index contributed by atoms with van der Waals surface area (Å²) in [5.41, 5.74) is 0.575. The normalized spacial score (nSPS) is 12.2. The van der Waals surface area contributed by atoms with Crippen LogP contribution in [-0.2, 0) is 0 Å². The maximum Gasteiger partial charge on any atom is 0.251 e. The molecule has 1 aromatic rings. The molecule has 0 radical (unpaired) electrons. The molecule has 0 fully saturated rings. The second-order valence-electron chi connectivity index (χ2n) is 5.37. The van der Waals surface area contributed by atoms with Crippen molar-refractivity contribution < 1.29 is 14.6 Å². The molecule has 4 heteroatoms. The predicted octanol–water partition coefficient (Wildman–Crippen LogP) is 2.61. The van der Waals surface area contributed by atoms with Crippen molar-refractivity contribution in [1.82, 2.24) is 5.32 Å². The molecule has 0 aliphatic rings. The molecule has 4 nitrogen and oxygen atoms in total. The molecule has 0 aliphatic carbocycles. The third-order valence-electron chi connectivity index (χ3n) is 2.83. The smallest absolute Gasteiger partial charge is 0.251 e. The lowest BCUT2D eigenvalue weighted by atomic mass is 10.1. The van der Waals surface area contributed by atoms with Crippen LogP contribution in [0.25, 0.3) is 0 Å². The first kappa shape index (κ1) is 16.5.